The second kappa shape index (κ2) is 10.0. The van der Waals surface area contributed by atoms with Crippen molar-refractivity contribution in [2.45, 2.75) is 85.2 Å². The number of nitrogens with two attached hydrogens (primary N) is 1. The molecule has 5 N–H and O–H groups in total. The van der Waals surface area contributed by atoms with E-state index in [9.17, 15) is 19.7 Å². The van der Waals surface area contributed by atoms with Crippen LogP contribution in [-0.4, -0.2) is 47.8 Å². The fraction of sp³-hybridized carbons (Fsp3) is 0.667. The van der Waals surface area contributed by atoms with E-state index < -0.39 is 36.1 Å². The Morgan fingerprint density at radius 1 is 1.33 bits per heavy atom. The van der Waals surface area contributed by atoms with Crippen molar-refractivity contribution >= 4 is 30.0 Å². The van der Waals surface area contributed by atoms with Crippen molar-refractivity contribution in [3.63, 3.8) is 0 Å². The van der Waals surface area contributed by atoms with Crippen LogP contribution in [0.2, 0.25) is 0 Å². The number of esters is 1. The molecule has 3 saturated carbocycles. The number of rotatable bonds is 6. The first kappa shape index (κ1) is 28.3. The summed E-state index contributed by atoms with van der Waals surface area (Å²) in [6.07, 6.45) is 4.02. The largest absolute Gasteiger partial charge is 0.491 e. The Labute approximate surface area is 231 Å². The van der Waals surface area contributed by atoms with Gasteiger partial charge in [-0.3, -0.25) is 9.59 Å². The topological polar surface area (TPSA) is 131 Å². The monoisotopic (exact) mass is 538 g/mol. The van der Waals surface area contributed by atoms with Gasteiger partial charge in [0.2, 0.25) is 0 Å². The number of nitrogens with one attached hydrogen (secondary N) is 1. The summed E-state index contributed by atoms with van der Waals surface area (Å²) >= 11 is 0. The first-order chi connectivity index (χ1) is 18.4. The van der Waals surface area contributed by atoms with Gasteiger partial charge in [0.25, 0.3) is 0 Å². The summed E-state index contributed by atoms with van der Waals surface area (Å²) in [6.45, 7) is 12.9. The Bertz CT molecular complexity index is 1180. The van der Waals surface area contributed by atoms with Gasteiger partial charge in [-0.1, -0.05) is 39.8 Å². The Kier molecular flexibility index (Phi) is 7.28. The van der Waals surface area contributed by atoms with Crippen molar-refractivity contribution in [3.05, 3.63) is 35.9 Å². The van der Waals surface area contributed by atoms with Crippen molar-refractivity contribution < 1.29 is 29.1 Å². The van der Waals surface area contributed by atoms with E-state index in [0.717, 1.165) is 30.4 Å². The summed E-state index contributed by atoms with van der Waals surface area (Å²) in [4.78, 5) is 27.0. The van der Waals surface area contributed by atoms with E-state index in [1.807, 2.05) is 13.0 Å². The molecule has 0 amide bonds. The maximum atomic E-state index is 13.6. The minimum absolute atomic E-state index is 0.0732. The highest BCUT2D eigenvalue weighted by atomic mass is 16.5. The van der Waals surface area contributed by atoms with Crippen LogP contribution in [0.4, 0.5) is 5.69 Å². The predicted molar refractivity (Wildman–Crippen MR) is 150 cm³/mol. The van der Waals surface area contributed by atoms with E-state index in [0.29, 0.717) is 30.6 Å². The van der Waals surface area contributed by atoms with Crippen molar-refractivity contribution in [3.8, 4) is 0 Å². The van der Waals surface area contributed by atoms with E-state index in [1.54, 1.807) is 12.1 Å². The molecule has 3 aliphatic carbocycles. The lowest BCUT2D eigenvalue weighted by atomic mass is 9.44. The first-order valence-corrected chi connectivity index (χ1v) is 14.3. The van der Waals surface area contributed by atoms with Crippen LogP contribution in [0.15, 0.2) is 24.8 Å². The minimum Gasteiger partial charge on any atom is -0.460 e. The molecule has 9 heteroatoms. The smallest absolute Gasteiger partial charge is 0.460 e. The summed E-state index contributed by atoms with van der Waals surface area (Å²) in [7, 11) is -1.00. The van der Waals surface area contributed by atoms with E-state index in [4.69, 9.17) is 15.1 Å². The highest BCUT2D eigenvalue weighted by Gasteiger charge is 2.68. The zero-order chi connectivity index (χ0) is 28.3. The lowest BCUT2D eigenvalue weighted by molar-refractivity contribution is -0.205. The second-order valence-corrected chi connectivity index (χ2v) is 13.0. The molecule has 1 aliphatic heterocycles. The Morgan fingerprint density at radius 2 is 2.08 bits per heavy atom. The number of carbonyl (C=O) groups excluding carboxylic acids is 2. The minimum atomic E-state index is -1.00. The summed E-state index contributed by atoms with van der Waals surface area (Å²) in [5.74, 6) is -0.376. The summed E-state index contributed by atoms with van der Waals surface area (Å²) in [5, 5.41) is 25.0. The molecule has 0 unspecified atom stereocenters. The van der Waals surface area contributed by atoms with Crippen LogP contribution in [0.25, 0.3) is 0 Å². The van der Waals surface area contributed by atoms with Gasteiger partial charge >= 0.3 is 13.1 Å². The molecule has 0 spiro atoms. The quantitative estimate of drug-likeness (QED) is 0.247. The number of aliphatic hydroxyl groups is 1. The average molecular weight is 538 g/mol. The van der Waals surface area contributed by atoms with E-state index in [2.05, 4.69) is 32.7 Å². The van der Waals surface area contributed by atoms with Crippen LogP contribution >= 0.6 is 0 Å². The molecule has 0 aromatic heterocycles. The predicted octanol–water partition coefficient (Wildman–Crippen LogP) is 2.68. The van der Waals surface area contributed by atoms with Crippen LogP contribution in [0.3, 0.4) is 0 Å². The van der Waals surface area contributed by atoms with Gasteiger partial charge in [0.1, 0.15) is 18.4 Å². The number of benzene rings is 1. The van der Waals surface area contributed by atoms with Crippen molar-refractivity contribution in [1.82, 2.24) is 0 Å². The van der Waals surface area contributed by atoms with Gasteiger partial charge in [-0.25, -0.2) is 0 Å². The Hall–Kier alpha value is -2.20. The first-order valence-electron chi connectivity index (χ1n) is 14.3. The molecule has 1 aromatic carbocycles. The number of carbonyl (C=O) groups is 2. The molecule has 0 saturated heterocycles. The van der Waals surface area contributed by atoms with Crippen molar-refractivity contribution in [1.29, 1.82) is 0 Å². The van der Waals surface area contributed by atoms with Gasteiger partial charge < -0.3 is 30.6 Å². The van der Waals surface area contributed by atoms with Gasteiger partial charge in [-0.2, -0.15) is 0 Å². The highest BCUT2D eigenvalue weighted by molar-refractivity contribution is 6.61. The highest BCUT2D eigenvalue weighted by Crippen LogP contribution is 2.68. The molecular formula is C30H43BN2O6. The number of hydrogen-bond donors (Lipinski definition) is 4. The molecular weight excluding hydrogens is 495 g/mol. The molecule has 212 valence electrons. The average Bonchev–Trinajstić information content (AvgIpc) is 3.47. The third kappa shape index (κ3) is 4.28. The van der Waals surface area contributed by atoms with Crippen LogP contribution in [0, 0.1) is 34.0 Å². The zero-order valence-electron chi connectivity index (χ0n) is 23.7. The molecule has 39 heavy (non-hydrogen) atoms. The maximum Gasteiger partial charge on any atom is 0.491 e. The van der Waals surface area contributed by atoms with Gasteiger partial charge in [0.05, 0.1) is 12.7 Å². The number of aliphatic hydroxyl groups excluding tert-OH is 1. The Balaban J connectivity index is 1.45. The molecule has 1 aromatic rings. The zero-order valence-corrected chi connectivity index (χ0v) is 23.7. The number of fused-ring (bicyclic) bond motifs is 1. The molecule has 1 heterocycles. The normalized spacial score (nSPS) is 39.4. The van der Waals surface area contributed by atoms with Crippen LogP contribution in [0.1, 0.15) is 70.9 Å². The third-order valence-corrected chi connectivity index (χ3v) is 11.2. The third-order valence-electron chi connectivity index (χ3n) is 11.2. The number of ketones is 1. The lowest BCUT2D eigenvalue weighted by Crippen LogP contribution is -2.63. The molecule has 8 nitrogen and oxygen atoms in total. The molecule has 8 atom stereocenters. The summed E-state index contributed by atoms with van der Waals surface area (Å²) in [6, 6.07) is 3.67. The van der Waals surface area contributed by atoms with E-state index in [1.165, 1.54) is 0 Å². The van der Waals surface area contributed by atoms with Gasteiger partial charge in [0.15, 0.2) is 0 Å². The van der Waals surface area contributed by atoms with Crippen molar-refractivity contribution in [2.24, 2.45) is 39.7 Å². The number of Topliss-reactive ketones (excluding diaryl/α,β-unsaturated/α-hetero) is 1. The summed E-state index contributed by atoms with van der Waals surface area (Å²) in [5.41, 5.74) is 7.42. The van der Waals surface area contributed by atoms with Crippen LogP contribution in [-0.2, 0) is 32.1 Å². The van der Waals surface area contributed by atoms with Gasteiger partial charge in [-0.15, -0.1) is 6.58 Å². The lowest BCUT2D eigenvalue weighted by Gasteiger charge is -2.61. The summed E-state index contributed by atoms with van der Waals surface area (Å²) < 4.78 is 11.6. The van der Waals surface area contributed by atoms with Crippen molar-refractivity contribution in [2.75, 3.05) is 11.9 Å². The molecule has 4 aliphatic rings. The fourth-order valence-corrected chi connectivity index (χ4v) is 8.53. The molecule has 0 radical (unpaired) electrons. The Morgan fingerprint density at radius 3 is 2.77 bits per heavy atom. The number of hydrogen-bond acceptors (Lipinski definition) is 8. The second-order valence-electron chi connectivity index (χ2n) is 13.0. The molecule has 2 bridgehead atoms. The van der Waals surface area contributed by atoms with Crippen LogP contribution < -0.4 is 16.5 Å². The number of anilines is 1. The fourth-order valence-electron chi connectivity index (χ4n) is 8.53. The standard InChI is InChI=1S/C30H43BN2O6/c1-6-28(4)13-24(29(5)17(2)7-9-30(18(3)27(28)36)10-8-23(34)26(29)30)39-25(35)15-33-22-12-21-20(11-19(22)14-32)16-38-31(21)37/h6,11-12,17-18,24,26-27,33,36-37H,1,7-10,13-16,32H2,2-5H3/t17-,18+,24-,26+,27+,28-,29+,30+/m1/s1. The SMILES string of the molecule is C=C[C@]1(C)C[C@@H](OC(=O)CNc2cc3c(cc2CN)COB3O)[C@]2(C)[C@H](C)CC[C@]3(CCC(=O)[C@H]32)[C@@H](C)[C@@H]1O. The molecule has 5 rings (SSSR count). The van der Waals surface area contributed by atoms with E-state index in [-0.39, 0.29) is 42.0 Å². The maximum absolute atomic E-state index is 13.6. The van der Waals surface area contributed by atoms with Crippen LogP contribution in [0.5, 0.6) is 0 Å². The van der Waals surface area contributed by atoms with Gasteiger partial charge in [0, 0.05) is 35.4 Å². The van der Waals surface area contributed by atoms with Gasteiger partial charge in [-0.05, 0) is 65.6 Å². The number of ether oxygens (including phenoxy) is 1. The van der Waals surface area contributed by atoms with E-state index >= 15 is 0 Å². The molecule has 3 fully saturated rings.